The lowest BCUT2D eigenvalue weighted by Gasteiger charge is -2.34. The van der Waals surface area contributed by atoms with Gasteiger partial charge in [-0.05, 0) is 61.4 Å². The summed E-state index contributed by atoms with van der Waals surface area (Å²) in [5, 5.41) is 0. The Bertz CT molecular complexity index is 1060. The maximum absolute atomic E-state index is 13.3. The molecule has 0 aliphatic heterocycles. The van der Waals surface area contributed by atoms with E-state index >= 15 is 0 Å². The maximum atomic E-state index is 13.3. The molecule has 0 spiro atoms. The molecule has 0 N–H and O–H groups in total. The van der Waals surface area contributed by atoms with Gasteiger partial charge in [-0.15, -0.1) is 0 Å². The van der Waals surface area contributed by atoms with Gasteiger partial charge in [0.05, 0.1) is 0 Å². The predicted molar refractivity (Wildman–Crippen MR) is 137 cm³/mol. The molecule has 0 amide bonds. The summed E-state index contributed by atoms with van der Waals surface area (Å²) in [6.07, 6.45) is 4.79. The zero-order valence-corrected chi connectivity index (χ0v) is 20.1. The van der Waals surface area contributed by atoms with Crippen molar-refractivity contribution in [3.8, 4) is 0 Å². The fourth-order valence-corrected chi connectivity index (χ4v) is 5.03. The van der Waals surface area contributed by atoms with Crippen LogP contribution in [0.3, 0.4) is 0 Å². The van der Waals surface area contributed by atoms with Crippen molar-refractivity contribution in [1.29, 1.82) is 0 Å². The first-order valence-corrected chi connectivity index (χ1v) is 12.1. The summed E-state index contributed by atoms with van der Waals surface area (Å²) in [5.74, 6) is 0.248. The normalized spacial score (nSPS) is 18.8. The van der Waals surface area contributed by atoms with Crippen LogP contribution >= 0.6 is 0 Å². The molecule has 0 aromatic heterocycles. The minimum atomic E-state index is -0.0194. The molecule has 4 rings (SSSR count). The van der Waals surface area contributed by atoms with E-state index < -0.39 is 0 Å². The maximum Gasteiger partial charge on any atom is 0.160 e. The first kappa shape index (κ1) is 23.2. The molecule has 3 aromatic carbocycles. The van der Waals surface area contributed by atoms with Gasteiger partial charge in [0.1, 0.15) is 0 Å². The standard InChI is InChI=1S/C31H35NO/c1-23-14-16-29(24(2)18-23)19-28-15-17-30(25(3)31(33)20-28)32(21-26-10-6-4-7-11-26)22-27-12-8-5-9-13-27/h4-14,16,18,20,25,30H,15,17,19,21-22H2,1-3H3/t25-,30+/m0/s1. The summed E-state index contributed by atoms with van der Waals surface area (Å²) >= 11 is 0. The second-order valence-corrected chi connectivity index (χ2v) is 9.58. The average molecular weight is 438 g/mol. The van der Waals surface area contributed by atoms with Crippen LogP contribution in [0.4, 0.5) is 0 Å². The lowest BCUT2D eigenvalue weighted by atomic mass is 9.93. The fraction of sp³-hybridized carbons (Fsp3) is 0.323. The minimum absolute atomic E-state index is 0.0194. The third kappa shape index (κ3) is 6.09. The molecule has 0 radical (unpaired) electrons. The third-order valence-corrected chi connectivity index (χ3v) is 6.98. The first-order valence-electron chi connectivity index (χ1n) is 12.1. The van der Waals surface area contributed by atoms with Gasteiger partial charge < -0.3 is 0 Å². The van der Waals surface area contributed by atoms with Gasteiger partial charge in [-0.25, -0.2) is 0 Å². The number of allylic oxidation sites excluding steroid dienone is 2. The van der Waals surface area contributed by atoms with Gasteiger partial charge in [-0.2, -0.15) is 0 Å². The fourth-order valence-electron chi connectivity index (χ4n) is 5.03. The Morgan fingerprint density at radius 2 is 1.45 bits per heavy atom. The number of ketones is 1. The molecule has 2 heteroatoms. The van der Waals surface area contributed by atoms with Crippen LogP contribution < -0.4 is 0 Å². The van der Waals surface area contributed by atoms with Crippen LogP contribution in [0.1, 0.15) is 47.6 Å². The number of aryl methyl sites for hydroxylation is 2. The molecule has 0 unspecified atom stereocenters. The molecule has 2 atom stereocenters. The molecule has 0 fully saturated rings. The topological polar surface area (TPSA) is 20.3 Å². The van der Waals surface area contributed by atoms with Crippen LogP contribution in [0.15, 0.2) is 90.5 Å². The molecule has 0 heterocycles. The third-order valence-electron chi connectivity index (χ3n) is 6.98. The summed E-state index contributed by atoms with van der Waals surface area (Å²) in [6.45, 7) is 8.13. The Labute approximate surface area is 199 Å². The van der Waals surface area contributed by atoms with Crippen molar-refractivity contribution in [1.82, 2.24) is 4.90 Å². The number of carbonyl (C=O) groups excluding carboxylic acids is 1. The molecule has 0 saturated carbocycles. The van der Waals surface area contributed by atoms with Crippen molar-refractivity contribution in [3.63, 3.8) is 0 Å². The highest BCUT2D eigenvalue weighted by Gasteiger charge is 2.31. The molecule has 1 aliphatic rings. The Kier molecular flexibility index (Phi) is 7.57. The van der Waals surface area contributed by atoms with Gasteiger partial charge in [0.15, 0.2) is 5.78 Å². The van der Waals surface area contributed by atoms with Gasteiger partial charge in [0, 0.05) is 25.0 Å². The molecule has 2 nitrogen and oxygen atoms in total. The Hall–Kier alpha value is -2.97. The summed E-state index contributed by atoms with van der Waals surface area (Å²) in [7, 11) is 0. The highest BCUT2D eigenvalue weighted by atomic mass is 16.1. The van der Waals surface area contributed by atoms with E-state index in [4.69, 9.17) is 0 Å². The van der Waals surface area contributed by atoms with Gasteiger partial charge in [0.2, 0.25) is 0 Å². The molecular formula is C31H35NO. The van der Waals surface area contributed by atoms with Crippen molar-refractivity contribution >= 4 is 5.78 Å². The van der Waals surface area contributed by atoms with Crippen LogP contribution in [0.25, 0.3) is 0 Å². The Morgan fingerprint density at radius 1 is 0.848 bits per heavy atom. The SMILES string of the molecule is Cc1ccc(CC2=CC(=O)[C@@H](C)[C@H](N(Cc3ccccc3)Cc3ccccc3)CC2)c(C)c1. The highest BCUT2D eigenvalue weighted by Crippen LogP contribution is 2.29. The van der Waals surface area contributed by atoms with Gasteiger partial charge in [-0.1, -0.05) is 96.9 Å². The van der Waals surface area contributed by atoms with Crippen molar-refractivity contribution < 1.29 is 4.79 Å². The molecule has 3 aromatic rings. The van der Waals surface area contributed by atoms with E-state index in [9.17, 15) is 4.79 Å². The van der Waals surface area contributed by atoms with E-state index in [-0.39, 0.29) is 17.7 Å². The minimum Gasteiger partial charge on any atom is -0.294 e. The van der Waals surface area contributed by atoms with Crippen molar-refractivity contribution in [2.24, 2.45) is 5.92 Å². The van der Waals surface area contributed by atoms with Crippen molar-refractivity contribution in [2.45, 2.75) is 59.2 Å². The number of hydrogen-bond acceptors (Lipinski definition) is 2. The largest absolute Gasteiger partial charge is 0.294 e. The summed E-state index contributed by atoms with van der Waals surface area (Å²) < 4.78 is 0. The van der Waals surface area contributed by atoms with Crippen LogP contribution in [-0.4, -0.2) is 16.7 Å². The average Bonchev–Trinajstić information content (AvgIpc) is 2.95. The number of nitrogens with zero attached hydrogens (tertiary/aromatic N) is 1. The lowest BCUT2D eigenvalue weighted by molar-refractivity contribution is -0.119. The van der Waals surface area contributed by atoms with E-state index in [1.54, 1.807) is 0 Å². The zero-order chi connectivity index (χ0) is 23.2. The van der Waals surface area contributed by atoms with E-state index in [1.807, 2.05) is 6.08 Å². The van der Waals surface area contributed by atoms with Crippen molar-refractivity contribution in [3.05, 3.63) is 118 Å². The van der Waals surface area contributed by atoms with Crippen LogP contribution in [0.2, 0.25) is 0 Å². The molecule has 33 heavy (non-hydrogen) atoms. The van der Waals surface area contributed by atoms with Crippen LogP contribution in [0, 0.1) is 19.8 Å². The molecule has 1 aliphatic carbocycles. The number of carbonyl (C=O) groups is 1. The van der Waals surface area contributed by atoms with E-state index in [0.717, 1.165) is 32.4 Å². The second-order valence-electron chi connectivity index (χ2n) is 9.58. The molecule has 0 bridgehead atoms. The van der Waals surface area contributed by atoms with E-state index in [1.165, 1.54) is 33.4 Å². The smallest absolute Gasteiger partial charge is 0.160 e. The number of rotatable bonds is 7. The van der Waals surface area contributed by atoms with E-state index in [0.29, 0.717) is 0 Å². The summed E-state index contributed by atoms with van der Waals surface area (Å²) in [4.78, 5) is 15.8. The quantitative estimate of drug-likeness (QED) is 0.403. The van der Waals surface area contributed by atoms with E-state index in [2.05, 4.69) is 105 Å². The molecule has 170 valence electrons. The first-order chi connectivity index (χ1) is 16.0. The predicted octanol–water partition coefficient (Wildman–Crippen LogP) is 6.84. The zero-order valence-electron chi connectivity index (χ0n) is 20.1. The van der Waals surface area contributed by atoms with Gasteiger partial charge in [-0.3, -0.25) is 9.69 Å². The van der Waals surface area contributed by atoms with Crippen LogP contribution in [-0.2, 0) is 24.3 Å². The summed E-state index contributed by atoms with van der Waals surface area (Å²) in [5.41, 5.74) is 7.78. The Morgan fingerprint density at radius 3 is 2.03 bits per heavy atom. The van der Waals surface area contributed by atoms with Crippen LogP contribution in [0.5, 0.6) is 0 Å². The Balaban J connectivity index is 1.55. The molecular weight excluding hydrogens is 402 g/mol. The highest BCUT2D eigenvalue weighted by molar-refractivity contribution is 5.93. The van der Waals surface area contributed by atoms with Gasteiger partial charge >= 0.3 is 0 Å². The van der Waals surface area contributed by atoms with Crippen molar-refractivity contribution in [2.75, 3.05) is 0 Å². The second kappa shape index (κ2) is 10.8. The number of benzene rings is 3. The van der Waals surface area contributed by atoms with Gasteiger partial charge in [0.25, 0.3) is 0 Å². The number of hydrogen-bond donors (Lipinski definition) is 0. The summed E-state index contributed by atoms with van der Waals surface area (Å²) in [6, 6.07) is 28.1. The monoisotopic (exact) mass is 437 g/mol. The molecule has 0 saturated heterocycles. The lowest BCUT2D eigenvalue weighted by Crippen LogP contribution is -2.41.